The first-order valence-electron chi connectivity index (χ1n) is 7.76. The van der Waals surface area contributed by atoms with E-state index in [2.05, 4.69) is 10.6 Å². The minimum absolute atomic E-state index is 0.00944. The van der Waals surface area contributed by atoms with Gasteiger partial charge in [0.2, 0.25) is 5.91 Å². The number of amides is 4. The van der Waals surface area contributed by atoms with Crippen LogP contribution in [-0.2, 0) is 9.53 Å². The number of urea groups is 1. The monoisotopic (exact) mass is 315 g/mol. The van der Waals surface area contributed by atoms with Gasteiger partial charge in [0.15, 0.2) is 0 Å². The predicted octanol–water partition coefficient (Wildman–Crippen LogP) is 0.650. The van der Waals surface area contributed by atoms with Gasteiger partial charge in [0.25, 0.3) is 5.91 Å². The van der Waals surface area contributed by atoms with Crippen molar-refractivity contribution in [2.24, 2.45) is 5.92 Å². The molecule has 120 valence electrons. The van der Waals surface area contributed by atoms with E-state index in [0.717, 1.165) is 19.4 Å². The maximum Gasteiger partial charge on any atom is 0.329 e. The summed E-state index contributed by atoms with van der Waals surface area (Å²) < 4.78 is 5.54. The van der Waals surface area contributed by atoms with Crippen molar-refractivity contribution in [2.75, 3.05) is 18.1 Å². The summed E-state index contributed by atoms with van der Waals surface area (Å²) in [7, 11) is 0. The summed E-state index contributed by atoms with van der Waals surface area (Å²) in [5, 5.41) is 5.27. The molecule has 7 nitrogen and oxygen atoms in total. The highest BCUT2D eigenvalue weighted by Gasteiger charge is 2.45. The van der Waals surface area contributed by atoms with Crippen molar-refractivity contribution in [1.82, 2.24) is 10.6 Å². The second-order valence-electron chi connectivity index (χ2n) is 6.16. The molecule has 1 aromatic carbocycles. The molecule has 0 radical (unpaired) electrons. The average molecular weight is 315 g/mol. The Kier molecular flexibility index (Phi) is 3.30. The fourth-order valence-corrected chi connectivity index (χ4v) is 3.46. The standard InChI is InChI=1S/C16H17N3O4/c20-14-8-19(16(22)18-14)10-3-1-9(2-4-10)15(21)17-12-7-13-11(12)5-6-23-13/h1-4,11-13H,5-8H2,(H,17,21)(H,18,20,22)/t11-,12+,13+/m0/s1. The molecule has 4 rings (SSSR count). The fraction of sp³-hybridized carbons (Fsp3) is 0.438. The second kappa shape index (κ2) is 5.34. The molecule has 2 N–H and O–H groups in total. The zero-order chi connectivity index (χ0) is 16.0. The Morgan fingerprint density at radius 3 is 2.70 bits per heavy atom. The molecule has 4 amide bonds. The van der Waals surface area contributed by atoms with Crippen molar-refractivity contribution in [3.05, 3.63) is 29.8 Å². The molecule has 0 bridgehead atoms. The van der Waals surface area contributed by atoms with E-state index in [0.29, 0.717) is 23.3 Å². The van der Waals surface area contributed by atoms with Gasteiger partial charge in [-0.2, -0.15) is 0 Å². The van der Waals surface area contributed by atoms with Crippen molar-refractivity contribution < 1.29 is 19.1 Å². The van der Waals surface area contributed by atoms with Crippen LogP contribution in [0.15, 0.2) is 24.3 Å². The van der Waals surface area contributed by atoms with Gasteiger partial charge in [-0.25, -0.2) is 4.79 Å². The van der Waals surface area contributed by atoms with Gasteiger partial charge in [-0.1, -0.05) is 0 Å². The zero-order valence-corrected chi connectivity index (χ0v) is 12.5. The molecule has 3 aliphatic rings. The second-order valence-corrected chi connectivity index (χ2v) is 6.16. The molecule has 3 atom stereocenters. The lowest BCUT2D eigenvalue weighted by atomic mass is 9.76. The molecular formula is C16H17N3O4. The van der Waals surface area contributed by atoms with Gasteiger partial charge in [0.05, 0.1) is 6.10 Å². The number of carbonyl (C=O) groups excluding carboxylic acids is 3. The largest absolute Gasteiger partial charge is 0.378 e. The quantitative estimate of drug-likeness (QED) is 0.802. The number of ether oxygens (including phenoxy) is 1. The van der Waals surface area contributed by atoms with Crippen molar-refractivity contribution in [1.29, 1.82) is 0 Å². The van der Waals surface area contributed by atoms with Gasteiger partial charge in [0, 0.05) is 29.8 Å². The molecule has 1 saturated carbocycles. The first kappa shape index (κ1) is 14.2. The fourth-order valence-electron chi connectivity index (χ4n) is 3.46. The van der Waals surface area contributed by atoms with Crippen LogP contribution in [0.3, 0.4) is 0 Å². The number of hydrogen-bond acceptors (Lipinski definition) is 4. The maximum absolute atomic E-state index is 12.3. The number of imide groups is 1. The molecular weight excluding hydrogens is 298 g/mol. The number of benzene rings is 1. The molecule has 0 unspecified atom stereocenters. The molecule has 2 heterocycles. The highest BCUT2D eigenvalue weighted by molar-refractivity contribution is 6.12. The number of rotatable bonds is 3. The number of nitrogens with zero attached hydrogens (tertiary/aromatic N) is 1. The van der Waals surface area contributed by atoms with E-state index < -0.39 is 6.03 Å². The maximum atomic E-state index is 12.3. The van der Waals surface area contributed by atoms with E-state index in [1.807, 2.05) is 0 Å². The lowest BCUT2D eigenvalue weighted by molar-refractivity contribution is -0.117. The van der Waals surface area contributed by atoms with Crippen LogP contribution < -0.4 is 15.5 Å². The van der Waals surface area contributed by atoms with Gasteiger partial charge >= 0.3 is 6.03 Å². The summed E-state index contributed by atoms with van der Waals surface area (Å²) >= 11 is 0. The van der Waals surface area contributed by atoms with Crippen LogP contribution in [0.4, 0.5) is 10.5 Å². The summed E-state index contributed by atoms with van der Waals surface area (Å²) in [6.07, 6.45) is 2.20. The number of nitrogens with one attached hydrogen (secondary N) is 2. The third kappa shape index (κ3) is 2.46. The molecule has 0 spiro atoms. The van der Waals surface area contributed by atoms with Gasteiger partial charge in [-0.3, -0.25) is 19.8 Å². The predicted molar refractivity (Wildman–Crippen MR) is 81.0 cm³/mol. The number of fused-ring (bicyclic) bond motifs is 1. The third-order valence-corrected chi connectivity index (χ3v) is 4.81. The van der Waals surface area contributed by atoms with Crippen molar-refractivity contribution >= 4 is 23.5 Å². The van der Waals surface area contributed by atoms with Crippen molar-refractivity contribution in [2.45, 2.75) is 25.0 Å². The lowest BCUT2D eigenvalue weighted by Crippen LogP contribution is -2.53. The summed E-state index contributed by atoms with van der Waals surface area (Å²) in [4.78, 5) is 36.5. The van der Waals surface area contributed by atoms with E-state index in [1.54, 1.807) is 24.3 Å². The van der Waals surface area contributed by atoms with Crippen LogP contribution in [0, 0.1) is 5.92 Å². The van der Waals surface area contributed by atoms with Crippen LogP contribution in [0.2, 0.25) is 0 Å². The summed E-state index contributed by atoms with van der Waals surface area (Å²) in [5.41, 5.74) is 1.14. The summed E-state index contributed by atoms with van der Waals surface area (Å²) in [6.45, 7) is 0.794. The molecule has 23 heavy (non-hydrogen) atoms. The smallest absolute Gasteiger partial charge is 0.329 e. The van der Waals surface area contributed by atoms with E-state index >= 15 is 0 Å². The highest BCUT2D eigenvalue weighted by atomic mass is 16.5. The van der Waals surface area contributed by atoms with Gasteiger partial charge in [0.1, 0.15) is 6.54 Å². The first-order chi connectivity index (χ1) is 11.1. The highest BCUT2D eigenvalue weighted by Crippen LogP contribution is 2.38. The third-order valence-electron chi connectivity index (χ3n) is 4.81. The van der Waals surface area contributed by atoms with Crippen molar-refractivity contribution in [3.63, 3.8) is 0 Å². The van der Waals surface area contributed by atoms with E-state index in [-0.39, 0.29) is 24.4 Å². The Morgan fingerprint density at radius 2 is 2.04 bits per heavy atom. The number of anilines is 1. The van der Waals surface area contributed by atoms with Crippen LogP contribution in [0.1, 0.15) is 23.2 Å². The van der Waals surface area contributed by atoms with Crippen molar-refractivity contribution in [3.8, 4) is 0 Å². The normalized spacial score (nSPS) is 29.0. The van der Waals surface area contributed by atoms with E-state index in [4.69, 9.17) is 4.74 Å². The molecule has 1 aliphatic carbocycles. The number of hydrogen-bond donors (Lipinski definition) is 2. The minimum Gasteiger partial charge on any atom is -0.378 e. The van der Waals surface area contributed by atoms with Crippen LogP contribution in [-0.4, -0.2) is 43.1 Å². The first-order valence-corrected chi connectivity index (χ1v) is 7.76. The lowest BCUT2D eigenvalue weighted by Gasteiger charge is -2.39. The summed E-state index contributed by atoms with van der Waals surface area (Å²) in [6, 6.07) is 6.44. The molecule has 0 aromatic heterocycles. The van der Waals surface area contributed by atoms with E-state index in [9.17, 15) is 14.4 Å². The Hall–Kier alpha value is -2.41. The van der Waals surface area contributed by atoms with Gasteiger partial charge in [-0.15, -0.1) is 0 Å². The Morgan fingerprint density at radius 1 is 1.26 bits per heavy atom. The molecule has 2 aliphatic heterocycles. The SMILES string of the molecule is O=C1CN(c2ccc(C(=O)N[C@@H]3C[C@H]4OCC[C@@H]34)cc2)C(=O)N1. The molecule has 7 heteroatoms. The van der Waals surface area contributed by atoms with Gasteiger partial charge in [-0.05, 0) is 37.1 Å². The Labute approximate surface area is 133 Å². The zero-order valence-electron chi connectivity index (χ0n) is 12.5. The van der Waals surface area contributed by atoms with Crippen LogP contribution in [0.5, 0.6) is 0 Å². The average Bonchev–Trinajstić information content (AvgIpc) is 3.07. The van der Waals surface area contributed by atoms with Crippen LogP contribution >= 0.6 is 0 Å². The Balaban J connectivity index is 1.40. The number of carbonyl (C=O) groups is 3. The minimum atomic E-state index is -0.436. The molecule has 2 saturated heterocycles. The van der Waals surface area contributed by atoms with Gasteiger partial charge < -0.3 is 10.1 Å². The Bertz CT molecular complexity index is 672. The topological polar surface area (TPSA) is 87.7 Å². The molecule has 1 aromatic rings. The van der Waals surface area contributed by atoms with Crippen LogP contribution in [0.25, 0.3) is 0 Å². The van der Waals surface area contributed by atoms with E-state index in [1.165, 1.54) is 4.90 Å². The summed E-state index contributed by atoms with van der Waals surface area (Å²) in [5.74, 6) is 0.00141. The molecule has 3 fully saturated rings.